The molecule has 32 heavy (non-hydrogen) atoms. The number of morpholine rings is 1. The highest BCUT2D eigenvalue weighted by atomic mass is 32.2. The molecule has 2 aliphatic rings. The van der Waals surface area contributed by atoms with Gasteiger partial charge in [-0.2, -0.15) is 4.31 Å². The molecule has 2 saturated heterocycles. The van der Waals surface area contributed by atoms with Crippen molar-refractivity contribution in [3.63, 3.8) is 0 Å². The topological polar surface area (TPSA) is 117 Å². The smallest absolute Gasteiger partial charge is 0.293 e. The van der Waals surface area contributed by atoms with Crippen LogP contribution >= 0.6 is 0 Å². The van der Waals surface area contributed by atoms with E-state index in [0.717, 1.165) is 6.07 Å². The van der Waals surface area contributed by atoms with Crippen molar-refractivity contribution < 1.29 is 22.9 Å². The summed E-state index contributed by atoms with van der Waals surface area (Å²) in [6.45, 7) is 8.89. The maximum absolute atomic E-state index is 12.8. The molecule has 11 nitrogen and oxygen atoms in total. The highest BCUT2D eigenvalue weighted by molar-refractivity contribution is 7.89. The molecule has 1 amide bonds. The van der Waals surface area contributed by atoms with Crippen LogP contribution in [0.1, 0.15) is 13.8 Å². The van der Waals surface area contributed by atoms with Gasteiger partial charge in [-0.3, -0.25) is 19.8 Å². The van der Waals surface area contributed by atoms with Crippen LogP contribution < -0.4 is 4.90 Å². The average Bonchev–Trinajstić information content (AvgIpc) is 2.80. The van der Waals surface area contributed by atoms with E-state index in [1.165, 1.54) is 16.4 Å². The molecule has 1 aromatic rings. The van der Waals surface area contributed by atoms with Gasteiger partial charge in [-0.25, -0.2) is 8.42 Å². The fourth-order valence-corrected chi connectivity index (χ4v) is 5.52. The van der Waals surface area contributed by atoms with Crippen LogP contribution in [0.15, 0.2) is 23.1 Å². The number of carbonyl (C=O) groups is 1. The summed E-state index contributed by atoms with van der Waals surface area (Å²) in [5, 5.41) is 11.7. The Morgan fingerprint density at radius 2 is 1.72 bits per heavy atom. The van der Waals surface area contributed by atoms with Crippen molar-refractivity contribution in [3.8, 4) is 0 Å². The standard InChI is InChI=1S/C20H31N5O6S/c1-3-24(4-2)32(29,30)17-5-6-18(19(15-17)25(27)28)22-9-7-21(8-10-22)16-20(26)23-11-13-31-14-12-23/h5-6,15H,3-4,7-14,16H2,1-2H3. The van der Waals surface area contributed by atoms with E-state index in [4.69, 9.17) is 4.74 Å². The number of hydrogen-bond acceptors (Lipinski definition) is 8. The Bertz CT molecular complexity index is 922. The van der Waals surface area contributed by atoms with Gasteiger partial charge in [-0.05, 0) is 12.1 Å². The van der Waals surface area contributed by atoms with Gasteiger partial charge in [0, 0.05) is 58.4 Å². The summed E-state index contributed by atoms with van der Waals surface area (Å²) in [5.41, 5.74) is 0.170. The van der Waals surface area contributed by atoms with E-state index in [0.29, 0.717) is 77.8 Å². The molecule has 3 rings (SSSR count). The van der Waals surface area contributed by atoms with Gasteiger partial charge < -0.3 is 14.5 Å². The van der Waals surface area contributed by atoms with Crippen LogP contribution in [0.25, 0.3) is 0 Å². The zero-order valence-corrected chi connectivity index (χ0v) is 19.4. The van der Waals surface area contributed by atoms with Crippen LogP contribution in [0.2, 0.25) is 0 Å². The SMILES string of the molecule is CCN(CC)S(=O)(=O)c1ccc(N2CCN(CC(=O)N3CCOCC3)CC2)c([N+](=O)[O-])c1. The molecule has 0 aromatic heterocycles. The molecule has 178 valence electrons. The number of nitro groups is 1. The van der Waals surface area contributed by atoms with Gasteiger partial charge >= 0.3 is 0 Å². The molecule has 0 aliphatic carbocycles. The second-order valence-corrected chi connectivity index (χ2v) is 9.69. The quantitative estimate of drug-likeness (QED) is 0.402. The molecular weight excluding hydrogens is 438 g/mol. The number of carbonyl (C=O) groups excluding carboxylic acids is 1. The average molecular weight is 470 g/mol. The first-order valence-corrected chi connectivity index (χ1v) is 12.3. The highest BCUT2D eigenvalue weighted by Crippen LogP contribution is 2.32. The van der Waals surface area contributed by atoms with E-state index < -0.39 is 14.9 Å². The molecule has 2 aliphatic heterocycles. The fraction of sp³-hybridized carbons (Fsp3) is 0.650. The number of anilines is 1. The Hall–Kier alpha value is -2.28. The molecule has 0 bridgehead atoms. The van der Waals surface area contributed by atoms with E-state index >= 15 is 0 Å². The second kappa shape index (κ2) is 10.6. The van der Waals surface area contributed by atoms with Gasteiger partial charge in [0.15, 0.2) is 0 Å². The Balaban J connectivity index is 1.69. The van der Waals surface area contributed by atoms with E-state index in [1.54, 1.807) is 18.7 Å². The molecule has 0 saturated carbocycles. The van der Waals surface area contributed by atoms with Gasteiger partial charge in [-0.15, -0.1) is 0 Å². The summed E-state index contributed by atoms with van der Waals surface area (Å²) in [7, 11) is -3.79. The van der Waals surface area contributed by atoms with Crippen LogP contribution in [-0.4, -0.2) is 105 Å². The third-order valence-electron chi connectivity index (χ3n) is 5.92. The first-order chi connectivity index (χ1) is 15.3. The largest absolute Gasteiger partial charge is 0.378 e. The van der Waals surface area contributed by atoms with Gasteiger partial charge in [0.1, 0.15) is 5.69 Å². The Morgan fingerprint density at radius 3 is 2.28 bits per heavy atom. The summed E-state index contributed by atoms with van der Waals surface area (Å²) in [5.74, 6) is 0.0682. The predicted molar refractivity (Wildman–Crippen MR) is 119 cm³/mol. The lowest BCUT2D eigenvalue weighted by Gasteiger charge is -2.36. The molecule has 0 atom stereocenters. The van der Waals surface area contributed by atoms with E-state index in [2.05, 4.69) is 0 Å². The lowest BCUT2D eigenvalue weighted by molar-refractivity contribution is -0.384. The zero-order valence-electron chi connectivity index (χ0n) is 18.6. The summed E-state index contributed by atoms with van der Waals surface area (Å²) >= 11 is 0. The zero-order chi connectivity index (χ0) is 23.3. The fourth-order valence-electron chi connectivity index (χ4n) is 4.04. The number of benzene rings is 1. The van der Waals surface area contributed by atoms with Crippen molar-refractivity contribution >= 4 is 27.3 Å². The van der Waals surface area contributed by atoms with Crippen molar-refractivity contribution in [3.05, 3.63) is 28.3 Å². The first-order valence-electron chi connectivity index (χ1n) is 10.9. The minimum atomic E-state index is -3.79. The minimum Gasteiger partial charge on any atom is -0.378 e. The number of ether oxygens (including phenoxy) is 1. The lowest BCUT2D eigenvalue weighted by atomic mass is 10.2. The second-order valence-electron chi connectivity index (χ2n) is 7.75. The van der Waals surface area contributed by atoms with Gasteiger partial charge in [0.2, 0.25) is 15.9 Å². The van der Waals surface area contributed by atoms with Crippen LogP contribution in [0.3, 0.4) is 0 Å². The van der Waals surface area contributed by atoms with Gasteiger partial charge in [0.05, 0.1) is 29.6 Å². The van der Waals surface area contributed by atoms with E-state index in [-0.39, 0.29) is 16.5 Å². The highest BCUT2D eigenvalue weighted by Gasteiger charge is 2.29. The molecule has 2 fully saturated rings. The first kappa shape index (κ1) is 24.4. The van der Waals surface area contributed by atoms with E-state index in [9.17, 15) is 23.3 Å². The number of amides is 1. The van der Waals surface area contributed by atoms with Crippen molar-refractivity contribution in [2.45, 2.75) is 18.7 Å². The monoisotopic (exact) mass is 469 g/mol. The Morgan fingerprint density at radius 1 is 1.09 bits per heavy atom. The number of nitrogens with zero attached hydrogens (tertiary/aromatic N) is 5. The summed E-state index contributed by atoms with van der Waals surface area (Å²) in [6.07, 6.45) is 0. The summed E-state index contributed by atoms with van der Waals surface area (Å²) < 4.78 is 32.1. The molecular formula is C20H31N5O6S. The maximum Gasteiger partial charge on any atom is 0.293 e. The third kappa shape index (κ3) is 5.37. The third-order valence-corrected chi connectivity index (χ3v) is 7.97. The van der Waals surface area contributed by atoms with Crippen LogP contribution in [0.5, 0.6) is 0 Å². The molecule has 0 radical (unpaired) electrons. The van der Waals surface area contributed by atoms with Gasteiger partial charge in [0.25, 0.3) is 5.69 Å². The van der Waals surface area contributed by atoms with Crippen molar-refractivity contribution in [2.24, 2.45) is 0 Å². The number of nitro benzene ring substituents is 1. The normalized spacial score (nSPS) is 18.2. The number of piperazine rings is 1. The minimum absolute atomic E-state index is 0.0682. The number of sulfonamides is 1. The molecule has 12 heteroatoms. The molecule has 2 heterocycles. The van der Waals surface area contributed by atoms with E-state index in [1.807, 2.05) is 9.80 Å². The molecule has 0 spiro atoms. The maximum atomic E-state index is 12.8. The Kier molecular flexibility index (Phi) is 8.04. The van der Waals surface area contributed by atoms with Crippen LogP contribution in [0.4, 0.5) is 11.4 Å². The van der Waals surface area contributed by atoms with Crippen molar-refractivity contribution in [2.75, 3.05) is 77.0 Å². The summed E-state index contributed by atoms with van der Waals surface area (Å²) in [6, 6.07) is 4.10. The lowest BCUT2D eigenvalue weighted by Crippen LogP contribution is -2.51. The summed E-state index contributed by atoms with van der Waals surface area (Å²) in [4.78, 5) is 29.3. The molecule has 1 aromatic carbocycles. The van der Waals surface area contributed by atoms with Gasteiger partial charge in [-0.1, -0.05) is 13.8 Å². The van der Waals surface area contributed by atoms with Crippen LogP contribution in [0, 0.1) is 10.1 Å². The molecule has 0 unspecified atom stereocenters. The van der Waals surface area contributed by atoms with Crippen molar-refractivity contribution in [1.82, 2.24) is 14.1 Å². The van der Waals surface area contributed by atoms with Crippen LogP contribution in [-0.2, 0) is 19.6 Å². The predicted octanol–water partition coefficient (Wildman–Crippen LogP) is 0.606. The Labute approximate surface area is 188 Å². The van der Waals surface area contributed by atoms with Crippen molar-refractivity contribution in [1.29, 1.82) is 0 Å². The number of rotatable bonds is 8. The number of hydrogen-bond donors (Lipinski definition) is 0. The molecule has 0 N–H and O–H groups in total.